The van der Waals surface area contributed by atoms with E-state index < -0.39 is 0 Å². The van der Waals surface area contributed by atoms with Gasteiger partial charge in [-0.1, -0.05) is 13.8 Å². The summed E-state index contributed by atoms with van der Waals surface area (Å²) in [4.78, 5) is 16.5. The van der Waals surface area contributed by atoms with Crippen molar-refractivity contribution in [3.05, 3.63) is 22.9 Å². The van der Waals surface area contributed by atoms with Crippen LogP contribution in [0.4, 0.5) is 0 Å². The van der Waals surface area contributed by atoms with Crippen molar-refractivity contribution in [2.75, 3.05) is 13.1 Å². The molecule has 2 aromatic heterocycles. The van der Waals surface area contributed by atoms with Crippen LogP contribution in [-0.4, -0.2) is 32.4 Å². The van der Waals surface area contributed by atoms with Gasteiger partial charge in [0, 0.05) is 13.6 Å². The molecule has 6 nitrogen and oxygen atoms in total. The molecular weight excluding hydrogens is 254 g/mol. The fourth-order valence-electron chi connectivity index (χ4n) is 2.15. The molecule has 0 aliphatic carbocycles. The molecule has 0 bridgehead atoms. The Kier molecular flexibility index (Phi) is 4.89. The number of rotatable bonds is 7. The lowest BCUT2D eigenvalue weighted by molar-refractivity contribution is 0.515. The van der Waals surface area contributed by atoms with E-state index in [1.54, 1.807) is 28.8 Å². The van der Waals surface area contributed by atoms with E-state index in [1.165, 1.54) is 0 Å². The number of fused-ring (bicyclic) bond motifs is 1. The normalized spacial score (nSPS) is 11.6. The summed E-state index contributed by atoms with van der Waals surface area (Å²) in [6.07, 6.45) is 5.24. The average Bonchev–Trinajstić information content (AvgIpc) is 2.78. The second-order valence-corrected chi connectivity index (χ2v) is 5.55. The quantitative estimate of drug-likeness (QED) is 0.771. The molecule has 1 N–H and O–H groups in total. The first-order chi connectivity index (χ1) is 9.59. The first kappa shape index (κ1) is 14.7. The van der Waals surface area contributed by atoms with Gasteiger partial charge in [-0.05, 0) is 31.8 Å². The first-order valence-corrected chi connectivity index (χ1v) is 7.17. The predicted molar refractivity (Wildman–Crippen MR) is 79.7 cm³/mol. The van der Waals surface area contributed by atoms with Gasteiger partial charge in [0.25, 0.3) is 5.56 Å². The van der Waals surface area contributed by atoms with Crippen LogP contribution in [-0.2, 0) is 13.6 Å². The third-order valence-corrected chi connectivity index (χ3v) is 3.27. The van der Waals surface area contributed by atoms with Crippen molar-refractivity contribution < 1.29 is 0 Å². The van der Waals surface area contributed by atoms with Gasteiger partial charge in [-0.2, -0.15) is 5.10 Å². The van der Waals surface area contributed by atoms with E-state index in [1.807, 2.05) is 0 Å². The first-order valence-electron chi connectivity index (χ1n) is 7.17. The second-order valence-electron chi connectivity index (χ2n) is 5.55. The van der Waals surface area contributed by atoms with Crippen LogP contribution in [0.5, 0.6) is 0 Å². The molecule has 0 aliphatic rings. The van der Waals surface area contributed by atoms with E-state index >= 15 is 0 Å². The van der Waals surface area contributed by atoms with E-state index in [2.05, 4.69) is 29.2 Å². The number of aromatic nitrogens is 4. The highest BCUT2D eigenvalue weighted by molar-refractivity contribution is 5.72. The fourth-order valence-corrected chi connectivity index (χ4v) is 2.15. The Morgan fingerprint density at radius 3 is 2.90 bits per heavy atom. The lowest BCUT2D eigenvalue weighted by atomic mass is 10.2. The van der Waals surface area contributed by atoms with Crippen molar-refractivity contribution in [3.63, 3.8) is 0 Å². The molecule has 0 atom stereocenters. The molecular formula is C14H23N5O. The van der Waals surface area contributed by atoms with E-state index in [9.17, 15) is 4.79 Å². The van der Waals surface area contributed by atoms with Crippen LogP contribution < -0.4 is 10.9 Å². The van der Waals surface area contributed by atoms with E-state index in [-0.39, 0.29) is 5.56 Å². The SMILES string of the molecule is CC(C)CNCCCCn1cnc2c(cnn2C)c1=O. The Hall–Kier alpha value is -1.69. The van der Waals surface area contributed by atoms with Gasteiger partial charge >= 0.3 is 0 Å². The number of nitrogens with one attached hydrogen (secondary N) is 1. The summed E-state index contributed by atoms with van der Waals surface area (Å²) in [7, 11) is 1.79. The van der Waals surface area contributed by atoms with Gasteiger partial charge in [0.2, 0.25) is 0 Å². The molecule has 2 rings (SSSR count). The predicted octanol–water partition coefficient (Wildman–Crippen LogP) is 1.16. The lowest BCUT2D eigenvalue weighted by Crippen LogP contribution is -2.23. The fraction of sp³-hybridized carbons (Fsp3) is 0.643. The van der Waals surface area contributed by atoms with Crippen molar-refractivity contribution in [1.82, 2.24) is 24.6 Å². The molecule has 0 aromatic carbocycles. The minimum absolute atomic E-state index is 0.00163. The number of nitrogens with zero attached hydrogens (tertiary/aromatic N) is 4. The van der Waals surface area contributed by atoms with Gasteiger partial charge in [-0.25, -0.2) is 4.98 Å². The molecule has 0 fully saturated rings. The molecule has 0 saturated heterocycles. The Balaban J connectivity index is 1.87. The van der Waals surface area contributed by atoms with Gasteiger partial charge < -0.3 is 5.32 Å². The number of hydrogen-bond donors (Lipinski definition) is 1. The molecule has 110 valence electrons. The van der Waals surface area contributed by atoms with Gasteiger partial charge in [-0.15, -0.1) is 0 Å². The summed E-state index contributed by atoms with van der Waals surface area (Å²) in [6.45, 7) is 7.14. The third-order valence-electron chi connectivity index (χ3n) is 3.27. The van der Waals surface area contributed by atoms with Crippen molar-refractivity contribution in [2.24, 2.45) is 13.0 Å². The maximum atomic E-state index is 12.2. The highest BCUT2D eigenvalue weighted by Gasteiger charge is 2.07. The molecule has 0 saturated carbocycles. The van der Waals surface area contributed by atoms with Crippen LogP contribution in [0, 0.1) is 5.92 Å². The maximum Gasteiger partial charge on any atom is 0.264 e. The Bertz CT molecular complexity index is 614. The summed E-state index contributed by atoms with van der Waals surface area (Å²) in [6, 6.07) is 0. The molecule has 0 amide bonds. The zero-order valence-corrected chi connectivity index (χ0v) is 12.5. The summed E-state index contributed by atoms with van der Waals surface area (Å²) in [5.74, 6) is 0.676. The molecule has 0 spiro atoms. The van der Waals surface area contributed by atoms with E-state index in [4.69, 9.17) is 0 Å². The smallest absolute Gasteiger partial charge is 0.264 e. The Morgan fingerprint density at radius 1 is 1.35 bits per heavy atom. The van der Waals surface area contributed by atoms with Crippen LogP contribution >= 0.6 is 0 Å². The zero-order valence-electron chi connectivity index (χ0n) is 12.5. The molecule has 2 heterocycles. The standard InChI is InChI=1S/C14H23N5O/c1-11(2)8-15-6-4-5-7-19-10-16-13-12(14(19)20)9-17-18(13)3/h9-11,15H,4-8H2,1-3H3. The van der Waals surface area contributed by atoms with Crippen LogP contribution in [0.15, 0.2) is 17.3 Å². The molecule has 6 heteroatoms. The Morgan fingerprint density at radius 2 is 2.15 bits per heavy atom. The highest BCUT2D eigenvalue weighted by atomic mass is 16.1. The summed E-state index contributed by atoms with van der Waals surface area (Å²) in [5, 5.41) is 8.06. The van der Waals surface area contributed by atoms with Gasteiger partial charge in [0.1, 0.15) is 5.39 Å². The molecule has 2 aromatic rings. The largest absolute Gasteiger partial charge is 0.316 e. The van der Waals surface area contributed by atoms with Gasteiger partial charge in [0.05, 0.1) is 12.5 Å². The van der Waals surface area contributed by atoms with Gasteiger partial charge in [-0.3, -0.25) is 14.0 Å². The minimum Gasteiger partial charge on any atom is -0.316 e. The molecule has 0 aliphatic heterocycles. The van der Waals surface area contributed by atoms with E-state index in [0.29, 0.717) is 23.5 Å². The zero-order chi connectivity index (χ0) is 14.5. The third kappa shape index (κ3) is 3.45. The van der Waals surface area contributed by atoms with Crippen molar-refractivity contribution >= 4 is 11.0 Å². The van der Waals surface area contributed by atoms with Crippen molar-refractivity contribution in [3.8, 4) is 0 Å². The average molecular weight is 277 g/mol. The molecule has 20 heavy (non-hydrogen) atoms. The highest BCUT2D eigenvalue weighted by Crippen LogP contribution is 2.03. The van der Waals surface area contributed by atoms with Crippen LogP contribution in [0.1, 0.15) is 26.7 Å². The van der Waals surface area contributed by atoms with Crippen LogP contribution in [0.2, 0.25) is 0 Å². The summed E-state index contributed by atoms with van der Waals surface area (Å²) < 4.78 is 3.30. The molecule has 0 unspecified atom stereocenters. The maximum absolute atomic E-state index is 12.2. The van der Waals surface area contributed by atoms with Crippen LogP contribution in [0.3, 0.4) is 0 Å². The van der Waals surface area contributed by atoms with Crippen molar-refractivity contribution in [1.29, 1.82) is 0 Å². The number of aryl methyl sites for hydroxylation is 2. The summed E-state index contributed by atoms with van der Waals surface area (Å²) in [5.41, 5.74) is 0.642. The summed E-state index contributed by atoms with van der Waals surface area (Å²) >= 11 is 0. The van der Waals surface area contributed by atoms with Gasteiger partial charge in [0.15, 0.2) is 5.65 Å². The number of hydrogen-bond acceptors (Lipinski definition) is 4. The minimum atomic E-state index is -0.00163. The van der Waals surface area contributed by atoms with Crippen molar-refractivity contribution in [2.45, 2.75) is 33.2 Å². The lowest BCUT2D eigenvalue weighted by Gasteiger charge is -2.08. The van der Waals surface area contributed by atoms with E-state index in [0.717, 1.165) is 25.9 Å². The second kappa shape index (κ2) is 6.65. The number of unbranched alkanes of at least 4 members (excludes halogenated alkanes) is 1. The topological polar surface area (TPSA) is 64.7 Å². The monoisotopic (exact) mass is 277 g/mol. The van der Waals surface area contributed by atoms with Crippen LogP contribution in [0.25, 0.3) is 11.0 Å². The Labute approximate surface area is 118 Å². The molecule has 0 radical (unpaired) electrons.